The lowest BCUT2D eigenvalue weighted by Gasteiger charge is -2.09. The number of hydrogen-bond acceptors (Lipinski definition) is 2. The van der Waals surface area contributed by atoms with E-state index in [1.165, 1.54) is 64.2 Å². The van der Waals surface area contributed by atoms with Gasteiger partial charge in [-0.15, -0.1) is 11.6 Å². The molecule has 0 aliphatic rings. The monoisotopic (exact) mass is 374 g/mol. The van der Waals surface area contributed by atoms with Crippen molar-refractivity contribution in [2.75, 3.05) is 33.1 Å². The van der Waals surface area contributed by atoms with Gasteiger partial charge in [0, 0.05) is 18.0 Å². The molecule has 0 unspecified atom stereocenters. The van der Waals surface area contributed by atoms with E-state index in [1.54, 1.807) is 6.92 Å². The summed E-state index contributed by atoms with van der Waals surface area (Å²) in [7, 11) is 4.03. The van der Waals surface area contributed by atoms with Crippen molar-refractivity contribution in [3.05, 3.63) is 12.2 Å². The van der Waals surface area contributed by atoms with Crippen LogP contribution in [0.4, 0.5) is 0 Å². The summed E-state index contributed by atoms with van der Waals surface area (Å²) in [5.41, 5.74) is 0.569. The minimum Gasteiger partial charge on any atom is -0.352 e. The smallest absolute Gasteiger partial charge is 0.246 e. The quantitative estimate of drug-likeness (QED) is 0.224. The third-order valence-corrected chi connectivity index (χ3v) is 4.21. The van der Waals surface area contributed by atoms with Crippen molar-refractivity contribution in [1.82, 2.24) is 10.2 Å². The fourth-order valence-corrected chi connectivity index (χ4v) is 2.52. The maximum Gasteiger partial charge on any atom is 0.246 e. The Morgan fingerprint density at radius 3 is 1.80 bits per heavy atom. The van der Waals surface area contributed by atoms with Crippen LogP contribution in [0, 0.1) is 0 Å². The van der Waals surface area contributed by atoms with Gasteiger partial charge in [0.1, 0.15) is 0 Å². The first-order chi connectivity index (χ1) is 12.0. The second kappa shape index (κ2) is 21.5. The minimum atomic E-state index is -0.0474. The number of carbonyl (C=O) groups excluding carboxylic acids is 1. The topological polar surface area (TPSA) is 32.3 Å². The van der Waals surface area contributed by atoms with Gasteiger partial charge in [-0.2, -0.15) is 0 Å². The number of nitrogens with one attached hydrogen (secondary N) is 1. The van der Waals surface area contributed by atoms with Gasteiger partial charge in [0.15, 0.2) is 0 Å². The van der Waals surface area contributed by atoms with Gasteiger partial charge in [-0.05, 0) is 40.4 Å². The second-order valence-electron chi connectivity index (χ2n) is 7.06. The summed E-state index contributed by atoms with van der Waals surface area (Å²) in [5, 5.41) is 2.77. The predicted molar refractivity (Wildman–Crippen MR) is 114 cm³/mol. The molecule has 0 aliphatic heterocycles. The Kier molecular flexibility index (Phi) is 23.0. The second-order valence-corrected chi connectivity index (χ2v) is 7.44. The molecule has 150 valence electrons. The summed E-state index contributed by atoms with van der Waals surface area (Å²) < 4.78 is 0. The molecule has 25 heavy (non-hydrogen) atoms. The highest BCUT2D eigenvalue weighted by Gasteiger charge is 1.99. The molecule has 0 aromatic rings. The summed E-state index contributed by atoms with van der Waals surface area (Å²) in [6, 6.07) is 0. The molecule has 0 rings (SSSR count). The number of hydrogen-bond donors (Lipinski definition) is 1. The van der Waals surface area contributed by atoms with Crippen molar-refractivity contribution in [1.29, 1.82) is 0 Å². The maximum atomic E-state index is 11.0. The molecule has 0 saturated carbocycles. The molecule has 0 aromatic carbocycles. The van der Waals surface area contributed by atoms with Gasteiger partial charge in [0.05, 0.1) is 0 Å². The average Bonchev–Trinajstić information content (AvgIpc) is 2.57. The molecule has 0 atom stereocenters. The molecule has 0 saturated heterocycles. The molecule has 0 fully saturated rings. The Morgan fingerprint density at radius 1 is 0.920 bits per heavy atom. The third kappa shape index (κ3) is 25.8. The molecule has 0 spiro atoms. The van der Waals surface area contributed by atoms with Crippen LogP contribution in [-0.2, 0) is 4.79 Å². The SMILES string of the molecule is C=C(C)C(=O)NCCCN(C)C.CCCCCCCCCCCCCl. The molecular formula is C21H43ClN2O. The van der Waals surface area contributed by atoms with Gasteiger partial charge in [0.25, 0.3) is 0 Å². The standard InChI is InChI=1S/C12H25Cl.C9H18N2O/c1-2-3-4-5-6-7-8-9-10-11-12-13;1-8(2)9(12)10-6-5-7-11(3)4/h2-12H2,1H3;1,5-7H2,2-4H3,(H,10,12). The summed E-state index contributed by atoms with van der Waals surface area (Å²) in [5.74, 6) is 0.796. The first kappa shape index (κ1) is 26.7. The average molecular weight is 375 g/mol. The number of nitrogens with zero attached hydrogens (tertiary/aromatic N) is 1. The fraction of sp³-hybridized carbons (Fsp3) is 0.857. The van der Waals surface area contributed by atoms with E-state index in [1.807, 2.05) is 14.1 Å². The van der Waals surface area contributed by atoms with Crippen LogP contribution >= 0.6 is 11.6 Å². The van der Waals surface area contributed by atoms with Crippen LogP contribution in [0.1, 0.15) is 84.5 Å². The lowest BCUT2D eigenvalue weighted by Crippen LogP contribution is -2.27. The Morgan fingerprint density at radius 2 is 1.40 bits per heavy atom. The molecule has 1 amide bonds. The number of amides is 1. The van der Waals surface area contributed by atoms with E-state index in [9.17, 15) is 4.79 Å². The van der Waals surface area contributed by atoms with E-state index in [0.29, 0.717) is 5.57 Å². The molecule has 4 heteroatoms. The zero-order chi connectivity index (χ0) is 19.3. The highest BCUT2D eigenvalue weighted by Crippen LogP contribution is 2.10. The van der Waals surface area contributed by atoms with E-state index < -0.39 is 0 Å². The van der Waals surface area contributed by atoms with Gasteiger partial charge < -0.3 is 10.2 Å². The van der Waals surface area contributed by atoms with E-state index >= 15 is 0 Å². The number of carbonyl (C=O) groups is 1. The van der Waals surface area contributed by atoms with E-state index in [0.717, 1.165) is 25.4 Å². The summed E-state index contributed by atoms with van der Waals surface area (Å²) in [4.78, 5) is 13.1. The number of rotatable bonds is 15. The summed E-state index contributed by atoms with van der Waals surface area (Å²) >= 11 is 5.60. The van der Waals surface area contributed by atoms with Crippen LogP contribution in [0.5, 0.6) is 0 Å². The van der Waals surface area contributed by atoms with Crippen molar-refractivity contribution < 1.29 is 4.79 Å². The molecule has 0 bridgehead atoms. The molecule has 0 aliphatic carbocycles. The molecule has 3 nitrogen and oxygen atoms in total. The van der Waals surface area contributed by atoms with E-state index in [-0.39, 0.29) is 5.91 Å². The Balaban J connectivity index is 0. The Bertz CT molecular complexity index is 296. The van der Waals surface area contributed by atoms with Crippen molar-refractivity contribution in [2.24, 2.45) is 0 Å². The number of unbranched alkanes of at least 4 members (excludes halogenated alkanes) is 9. The van der Waals surface area contributed by atoms with Crippen LogP contribution in [0.15, 0.2) is 12.2 Å². The van der Waals surface area contributed by atoms with E-state index in [4.69, 9.17) is 11.6 Å². The Labute approximate surface area is 162 Å². The fourth-order valence-electron chi connectivity index (χ4n) is 2.33. The minimum absolute atomic E-state index is 0.0474. The summed E-state index contributed by atoms with van der Waals surface area (Å²) in [6.45, 7) is 9.25. The van der Waals surface area contributed by atoms with Crippen molar-refractivity contribution in [3.63, 3.8) is 0 Å². The van der Waals surface area contributed by atoms with Crippen LogP contribution in [-0.4, -0.2) is 43.9 Å². The molecule has 0 heterocycles. The van der Waals surface area contributed by atoms with Crippen LogP contribution in [0.3, 0.4) is 0 Å². The van der Waals surface area contributed by atoms with Crippen LogP contribution < -0.4 is 5.32 Å². The van der Waals surface area contributed by atoms with Gasteiger partial charge >= 0.3 is 0 Å². The molecule has 0 aromatic heterocycles. The van der Waals surface area contributed by atoms with Gasteiger partial charge in [-0.25, -0.2) is 0 Å². The first-order valence-electron chi connectivity index (χ1n) is 10.1. The van der Waals surface area contributed by atoms with Gasteiger partial charge in [-0.1, -0.05) is 71.3 Å². The van der Waals surface area contributed by atoms with Crippen LogP contribution in [0.2, 0.25) is 0 Å². The largest absolute Gasteiger partial charge is 0.352 e. The van der Waals surface area contributed by atoms with E-state index in [2.05, 4.69) is 23.7 Å². The van der Waals surface area contributed by atoms with Crippen molar-refractivity contribution in [3.8, 4) is 0 Å². The molecule has 1 N–H and O–H groups in total. The van der Waals surface area contributed by atoms with Gasteiger partial charge in [-0.3, -0.25) is 4.79 Å². The predicted octanol–water partition coefficient (Wildman–Crippen LogP) is 5.78. The zero-order valence-electron chi connectivity index (χ0n) is 17.3. The lowest BCUT2D eigenvalue weighted by molar-refractivity contribution is -0.117. The molecular weight excluding hydrogens is 332 g/mol. The lowest BCUT2D eigenvalue weighted by atomic mass is 10.1. The third-order valence-electron chi connectivity index (χ3n) is 3.94. The zero-order valence-corrected chi connectivity index (χ0v) is 18.1. The number of halogens is 1. The van der Waals surface area contributed by atoms with Crippen molar-refractivity contribution >= 4 is 17.5 Å². The molecule has 0 radical (unpaired) electrons. The highest BCUT2D eigenvalue weighted by molar-refractivity contribution is 6.17. The maximum absolute atomic E-state index is 11.0. The number of alkyl halides is 1. The normalized spacial score (nSPS) is 10.3. The Hall–Kier alpha value is -0.540. The first-order valence-corrected chi connectivity index (χ1v) is 10.6. The van der Waals surface area contributed by atoms with Crippen molar-refractivity contribution in [2.45, 2.75) is 84.5 Å². The van der Waals surface area contributed by atoms with Gasteiger partial charge in [0.2, 0.25) is 5.91 Å². The van der Waals surface area contributed by atoms with Crippen LogP contribution in [0.25, 0.3) is 0 Å². The highest BCUT2D eigenvalue weighted by atomic mass is 35.5. The summed E-state index contributed by atoms with van der Waals surface area (Å²) in [6.07, 6.45) is 14.9.